The average molecular weight is 389 g/mol. The third-order valence-electron chi connectivity index (χ3n) is 5.93. The monoisotopic (exact) mass is 388 g/mol. The van der Waals surface area contributed by atoms with Gasteiger partial charge in [-0.1, -0.05) is 82.2 Å². The fraction of sp³-hybridized carbons (Fsp3) is 0.250. The van der Waals surface area contributed by atoms with E-state index in [0.29, 0.717) is 5.92 Å². The lowest BCUT2D eigenvalue weighted by molar-refractivity contribution is 0.701. The minimum atomic E-state index is 0.560. The summed E-state index contributed by atoms with van der Waals surface area (Å²) in [6.45, 7) is 0. The Balaban J connectivity index is 1.63. The molecule has 4 aliphatic carbocycles. The van der Waals surface area contributed by atoms with Crippen LogP contribution in [0, 0.1) is 5.92 Å². The van der Waals surface area contributed by atoms with E-state index in [1.54, 1.807) is 5.57 Å². The van der Waals surface area contributed by atoms with Crippen molar-refractivity contribution in [2.75, 3.05) is 0 Å². The van der Waals surface area contributed by atoms with Crippen molar-refractivity contribution >= 4 is 27.1 Å². The molecule has 0 amide bonds. The number of fused-ring (bicyclic) bond motifs is 5. The van der Waals surface area contributed by atoms with Gasteiger partial charge in [-0.15, -0.1) is 0 Å². The molecule has 0 saturated carbocycles. The molecule has 1 aromatic carbocycles. The van der Waals surface area contributed by atoms with Crippen LogP contribution in [-0.2, 0) is 0 Å². The van der Waals surface area contributed by atoms with Gasteiger partial charge in [-0.05, 0) is 70.0 Å². The molecule has 0 spiro atoms. The zero-order valence-electron chi connectivity index (χ0n) is 14.3. The van der Waals surface area contributed by atoms with Crippen LogP contribution in [0.5, 0.6) is 0 Å². The van der Waals surface area contributed by atoms with Crippen molar-refractivity contribution in [3.8, 4) is 0 Å². The first-order valence-corrected chi connectivity index (χ1v) is 10.1. The van der Waals surface area contributed by atoms with Crippen molar-refractivity contribution in [2.45, 2.75) is 32.1 Å². The molecule has 1 aromatic rings. The number of benzene rings is 1. The summed E-state index contributed by atoms with van der Waals surface area (Å²) < 4.78 is 1.32. The summed E-state index contributed by atoms with van der Waals surface area (Å²) >= 11 is 3.63. The molecule has 0 bridgehead atoms. The number of hydrogen-bond donors (Lipinski definition) is 0. The van der Waals surface area contributed by atoms with Gasteiger partial charge in [0.1, 0.15) is 0 Å². The third kappa shape index (κ3) is 2.57. The molecule has 4 aliphatic rings. The molecule has 1 unspecified atom stereocenters. The molecular formula is C24H21Br. The first-order chi connectivity index (χ1) is 12.3. The Morgan fingerprint density at radius 2 is 1.68 bits per heavy atom. The fourth-order valence-electron chi connectivity index (χ4n) is 4.69. The highest BCUT2D eigenvalue weighted by atomic mass is 79.9. The van der Waals surface area contributed by atoms with Gasteiger partial charge in [-0.2, -0.15) is 0 Å². The first-order valence-electron chi connectivity index (χ1n) is 9.27. The van der Waals surface area contributed by atoms with Gasteiger partial charge in [0, 0.05) is 5.92 Å². The maximum Gasteiger partial charge on any atom is 0.0104 e. The van der Waals surface area contributed by atoms with E-state index < -0.39 is 0 Å². The SMILES string of the molecule is BrC1=CC=C(C2=CC=C3c4ccccc4C4=C(CCC=C4)C3C2)CC1. The second kappa shape index (κ2) is 6.14. The summed E-state index contributed by atoms with van der Waals surface area (Å²) in [6, 6.07) is 8.95. The van der Waals surface area contributed by atoms with Crippen molar-refractivity contribution in [1.29, 1.82) is 0 Å². The van der Waals surface area contributed by atoms with E-state index in [9.17, 15) is 0 Å². The largest absolute Gasteiger partial charge is 0.0836 e. The lowest BCUT2D eigenvalue weighted by atomic mass is 9.68. The van der Waals surface area contributed by atoms with Crippen molar-refractivity contribution < 1.29 is 0 Å². The Hall–Kier alpha value is -1.86. The molecule has 0 radical (unpaired) electrons. The van der Waals surface area contributed by atoms with Crippen LogP contribution in [-0.4, -0.2) is 0 Å². The number of rotatable bonds is 1. The Morgan fingerprint density at radius 3 is 2.52 bits per heavy atom. The van der Waals surface area contributed by atoms with Gasteiger partial charge in [-0.3, -0.25) is 0 Å². The van der Waals surface area contributed by atoms with Crippen molar-refractivity contribution in [3.05, 3.63) is 93.1 Å². The van der Waals surface area contributed by atoms with E-state index in [4.69, 9.17) is 0 Å². The molecule has 1 atom stereocenters. The summed E-state index contributed by atoms with van der Waals surface area (Å²) in [4.78, 5) is 0. The normalized spacial score (nSPS) is 24.4. The highest BCUT2D eigenvalue weighted by molar-refractivity contribution is 9.11. The molecule has 124 valence electrons. The van der Waals surface area contributed by atoms with Gasteiger partial charge < -0.3 is 0 Å². The zero-order chi connectivity index (χ0) is 16.8. The quantitative estimate of drug-likeness (QED) is 0.479. The summed E-state index contributed by atoms with van der Waals surface area (Å²) in [5.74, 6) is 0.560. The van der Waals surface area contributed by atoms with Gasteiger partial charge in [-0.25, -0.2) is 0 Å². The Kier molecular flexibility index (Phi) is 3.78. The Labute approximate surface area is 158 Å². The van der Waals surface area contributed by atoms with Crippen LogP contribution in [0.1, 0.15) is 43.2 Å². The van der Waals surface area contributed by atoms with Crippen molar-refractivity contribution in [1.82, 2.24) is 0 Å². The van der Waals surface area contributed by atoms with Crippen LogP contribution in [0.3, 0.4) is 0 Å². The van der Waals surface area contributed by atoms with Crippen LogP contribution in [0.25, 0.3) is 11.1 Å². The number of allylic oxidation sites excluding steroid dienone is 12. The molecule has 0 nitrogen and oxygen atoms in total. The summed E-state index contributed by atoms with van der Waals surface area (Å²) in [7, 11) is 0. The predicted molar refractivity (Wildman–Crippen MR) is 110 cm³/mol. The first kappa shape index (κ1) is 15.4. The van der Waals surface area contributed by atoms with Crippen LogP contribution >= 0.6 is 15.9 Å². The summed E-state index contributed by atoms with van der Waals surface area (Å²) in [5, 5.41) is 0. The maximum atomic E-state index is 3.63. The van der Waals surface area contributed by atoms with Crippen molar-refractivity contribution in [2.24, 2.45) is 5.92 Å². The topological polar surface area (TPSA) is 0 Å². The minimum absolute atomic E-state index is 0.560. The van der Waals surface area contributed by atoms with E-state index in [2.05, 4.69) is 76.7 Å². The van der Waals surface area contributed by atoms with Gasteiger partial charge in [0.2, 0.25) is 0 Å². The van der Waals surface area contributed by atoms with E-state index >= 15 is 0 Å². The van der Waals surface area contributed by atoms with Crippen LogP contribution < -0.4 is 0 Å². The van der Waals surface area contributed by atoms with E-state index in [1.807, 2.05) is 0 Å². The minimum Gasteiger partial charge on any atom is -0.0836 e. The van der Waals surface area contributed by atoms with Crippen LogP contribution in [0.2, 0.25) is 0 Å². The predicted octanol–water partition coefficient (Wildman–Crippen LogP) is 7.13. The van der Waals surface area contributed by atoms with E-state index in [0.717, 1.165) is 19.3 Å². The van der Waals surface area contributed by atoms with E-state index in [-0.39, 0.29) is 0 Å². The Bertz CT molecular complexity index is 931. The van der Waals surface area contributed by atoms with Crippen LogP contribution in [0.4, 0.5) is 0 Å². The van der Waals surface area contributed by atoms with Gasteiger partial charge in [0.15, 0.2) is 0 Å². The number of halogens is 1. The van der Waals surface area contributed by atoms with E-state index in [1.165, 1.54) is 50.7 Å². The van der Waals surface area contributed by atoms with Gasteiger partial charge in [0.05, 0.1) is 0 Å². The zero-order valence-corrected chi connectivity index (χ0v) is 15.9. The Morgan fingerprint density at radius 1 is 0.840 bits per heavy atom. The average Bonchev–Trinajstić information content (AvgIpc) is 2.68. The lowest BCUT2D eigenvalue weighted by Crippen LogP contribution is -2.19. The fourth-order valence-corrected chi connectivity index (χ4v) is 5.02. The molecule has 0 N–H and O–H groups in total. The molecular weight excluding hydrogens is 368 g/mol. The second-order valence-electron chi connectivity index (χ2n) is 7.30. The molecule has 0 aliphatic heterocycles. The molecule has 25 heavy (non-hydrogen) atoms. The van der Waals surface area contributed by atoms with Crippen molar-refractivity contribution in [3.63, 3.8) is 0 Å². The number of hydrogen-bond acceptors (Lipinski definition) is 0. The summed E-state index contributed by atoms with van der Waals surface area (Å²) in [6.07, 6.45) is 19.9. The highest BCUT2D eigenvalue weighted by Crippen LogP contribution is 2.50. The summed E-state index contributed by atoms with van der Waals surface area (Å²) in [5.41, 5.74) is 10.6. The molecule has 1 heteroatoms. The molecule has 0 aromatic heterocycles. The lowest BCUT2D eigenvalue weighted by Gasteiger charge is -2.36. The molecule has 0 heterocycles. The highest BCUT2D eigenvalue weighted by Gasteiger charge is 2.33. The van der Waals surface area contributed by atoms with Gasteiger partial charge in [0.25, 0.3) is 0 Å². The second-order valence-corrected chi connectivity index (χ2v) is 8.32. The molecule has 5 rings (SSSR count). The van der Waals surface area contributed by atoms with Crippen LogP contribution in [0.15, 0.2) is 81.9 Å². The standard InChI is InChI=1S/C24H21Br/c25-18-12-9-16(10-13-18)17-11-14-23-21-7-2-1-5-19(21)20-6-3-4-8-22(20)24(23)15-17/h1-3,5-7,9,11-12,14,24H,4,8,10,13,15H2. The third-order valence-corrected chi connectivity index (χ3v) is 6.60. The molecule has 0 saturated heterocycles. The smallest absolute Gasteiger partial charge is 0.0104 e. The molecule has 0 fully saturated rings. The maximum absolute atomic E-state index is 3.63. The van der Waals surface area contributed by atoms with Gasteiger partial charge >= 0.3 is 0 Å².